The van der Waals surface area contributed by atoms with E-state index >= 15 is 0 Å². The van der Waals surface area contributed by atoms with Crippen LogP contribution in [0.4, 0.5) is 17.3 Å². The minimum absolute atomic E-state index is 0.127. The molecule has 2 N–H and O–H groups in total. The van der Waals surface area contributed by atoms with Gasteiger partial charge in [0.1, 0.15) is 11.4 Å². The number of aliphatic hydroxyl groups excluding tert-OH is 1. The van der Waals surface area contributed by atoms with Crippen LogP contribution in [0.3, 0.4) is 0 Å². The molecule has 2 aliphatic rings. The summed E-state index contributed by atoms with van der Waals surface area (Å²) in [6.07, 6.45) is 5.90. The molecule has 10 nitrogen and oxygen atoms in total. The van der Waals surface area contributed by atoms with E-state index in [1.807, 2.05) is 54.2 Å². The van der Waals surface area contributed by atoms with E-state index < -0.39 is 0 Å². The average Bonchev–Trinajstić information content (AvgIpc) is 3.33. The number of aromatic nitrogens is 4. The quantitative estimate of drug-likeness (QED) is 0.396. The Labute approximate surface area is 215 Å². The molecule has 2 fully saturated rings. The van der Waals surface area contributed by atoms with Gasteiger partial charge in [-0.15, -0.1) is 0 Å². The number of nitrogens with one attached hydrogen (secondary N) is 1. The zero-order chi connectivity index (χ0) is 25.4. The Bertz CT molecular complexity index is 1390. The number of anilines is 3. The number of nitrogens with zero attached hydrogens (tertiary/aromatic N) is 6. The van der Waals surface area contributed by atoms with Gasteiger partial charge in [0, 0.05) is 56.9 Å². The summed E-state index contributed by atoms with van der Waals surface area (Å²) in [5.74, 6) is 1.21. The highest BCUT2D eigenvalue weighted by atomic mass is 16.5. The molecule has 0 amide bonds. The minimum Gasteiger partial charge on any atom is -0.494 e. The van der Waals surface area contributed by atoms with Gasteiger partial charge in [0.05, 0.1) is 49.2 Å². The molecule has 0 aliphatic carbocycles. The fourth-order valence-corrected chi connectivity index (χ4v) is 5.28. The first-order chi connectivity index (χ1) is 18.1. The van der Waals surface area contributed by atoms with Crippen molar-refractivity contribution in [3.05, 3.63) is 60.6 Å². The number of pyridine rings is 1. The summed E-state index contributed by atoms with van der Waals surface area (Å²) in [6, 6.07) is 12.1. The molecule has 1 aromatic carbocycles. The minimum atomic E-state index is 0.127. The van der Waals surface area contributed by atoms with Gasteiger partial charge in [0.25, 0.3) is 0 Å². The van der Waals surface area contributed by atoms with Crippen LogP contribution in [-0.2, 0) is 4.74 Å². The molecule has 192 valence electrons. The maximum Gasteiger partial charge on any atom is 0.227 e. The third-order valence-corrected chi connectivity index (χ3v) is 7.00. The van der Waals surface area contributed by atoms with Crippen molar-refractivity contribution in [1.82, 2.24) is 24.3 Å². The van der Waals surface area contributed by atoms with Gasteiger partial charge in [-0.2, -0.15) is 0 Å². The third kappa shape index (κ3) is 4.71. The number of β-amino-alcohol motifs (C(OH)–C–C–N with tert-alkyl or cyclic N) is 1. The molecule has 3 aromatic heterocycles. The number of ether oxygens (including phenoxy) is 2. The van der Waals surface area contributed by atoms with Crippen molar-refractivity contribution in [2.24, 2.45) is 0 Å². The average molecular weight is 502 g/mol. The highest BCUT2D eigenvalue weighted by Crippen LogP contribution is 2.34. The zero-order valence-electron chi connectivity index (χ0n) is 21.0. The number of hydrogen-bond acceptors (Lipinski definition) is 9. The Morgan fingerprint density at radius 1 is 1.08 bits per heavy atom. The molecule has 2 saturated heterocycles. The Hall–Kier alpha value is -3.73. The second-order valence-corrected chi connectivity index (χ2v) is 9.58. The van der Waals surface area contributed by atoms with Crippen LogP contribution in [0.2, 0.25) is 0 Å². The molecule has 0 radical (unpaired) electrons. The van der Waals surface area contributed by atoms with E-state index in [4.69, 9.17) is 14.5 Å². The first kappa shape index (κ1) is 23.7. The summed E-state index contributed by atoms with van der Waals surface area (Å²) >= 11 is 0. The maximum atomic E-state index is 9.29. The number of aryl methyl sites for hydroxylation is 1. The van der Waals surface area contributed by atoms with Crippen molar-refractivity contribution in [1.29, 1.82) is 0 Å². The van der Waals surface area contributed by atoms with Gasteiger partial charge in [-0.1, -0.05) is 6.07 Å². The smallest absolute Gasteiger partial charge is 0.227 e. The van der Waals surface area contributed by atoms with Crippen LogP contribution in [0.1, 0.15) is 5.56 Å². The lowest BCUT2D eigenvalue weighted by atomic mass is 10.1. The van der Waals surface area contributed by atoms with E-state index in [9.17, 15) is 5.11 Å². The monoisotopic (exact) mass is 501 g/mol. The number of hydrogen-bond donors (Lipinski definition) is 2. The molecular weight excluding hydrogens is 470 g/mol. The van der Waals surface area contributed by atoms with Gasteiger partial charge in [-0.25, -0.2) is 15.0 Å². The van der Waals surface area contributed by atoms with E-state index in [1.54, 1.807) is 7.11 Å². The summed E-state index contributed by atoms with van der Waals surface area (Å²) in [5, 5.41) is 12.6. The topological polar surface area (TPSA) is 100 Å². The maximum absolute atomic E-state index is 9.29. The van der Waals surface area contributed by atoms with Gasteiger partial charge in [0.15, 0.2) is 0 Å². The number of morpholine rings is 2. The van der Waals surface area contributed by atoms with Crippen LogP contribution >= 0.6 is 0 Å². The van der Waals surface area contributed by atoms with Crippen LogP contribution in [0, 0.1) is 6.92 Å². The van der Waals surface area contributed by atoms with E-state index in [0.29, 0.717) is 12.5 Å². The largest absolute Gasteiger partial charge is 0.494 e. The molecule has 0 saturated carbocycles. The Kier molecular flexibility index (Phi) is 6.37. The fourth-order valence-electron chi connectivity index (χ4n) is 5.28. The van der Waals surface area contributed by atoms with E-state index in [1.165, 1.54) is 0 Å². The van der Waals surface area contributed by atoms with Gasteiger partial charge in [0.2, 0.25) is 5.95 Å². The number of rotatable bonds is 7. The van der Waals surface area contributed by atoms with E-state index in [2.05, 4.69) is 37.2 Å². The second kappa shape index (κ2) is 9.97. The molecule has 5 heterocycles. The summed E-state index contributed by atoms with van der Waals surface area (Å²) in [6.45, 7) is 6.16. The van der Waals surface area contributed by atoms with Crippen LogP contribution in [0.15, 0.2) is 55.0 Å². The van der Waals surface area contributed by atoms with Gasteiger partial charge in [-0.05, 0) is 36.8 Å². The summed E-state index contributed by atoms with van der Waals surface area (Å²) in [4.78, 5) is 18.5. The number of fused-ring (bicyclic) bond motifs is 3. The number of imidazole rings is 1. The lowest BCUT2D eigenvalue weighted by Gasteiger charge is -2.46. The number of aliphatic hydroxyl groups is 1. The van der Waals surface area contributed by atoms with E-state index in [0.717, 1.165) is 65.9 Å². The number of methoxy groups -OCH3 is 1. The van der Waals surface area contributed by atoms with Crippen LogP contribution < -0.4 is 15.0 Å². The number of benzene rings is 1. The van der Waals surface area contributed by atoms with Crippen LogP contribution in [0.5, 0.6) is 5.75 Å². The predicted octanol–water partition coefficient (Wildman–Crippen LogP) is 2.73. The van der Waals surface area contributed by atoms with Gasteiger partial charge < -0.3 is 24.8 Å². The molecule has 2 bridgehead atoms. The van der Waals surface area contributed by atoms with Gasteiger partial charge in [-0.3, -0.25) is 9.30 Å². The Balaban J connectivity index is 1.23. The van der Waals surface area contributed by atoms with Crippen molar-refractivity contribution in [2.45, 2.75) is 19.1 Å². The molecule has 4 aromatic rings. The van der Waals surface area contributed by atoms with E-state index in [-0.39, 0.29) is 18.8 Å². The molecule has 6 rings (SSSR count). The molecule has 2 unspecified atom stereocenters. The molecule has 0 spiro atoms. The summed E-state index contributed by atoms with van der Waals surface area (Å²) in [5.41, 5.74) is 5.46. The van der Waals surface area contributed by atoms with Crippen LogP contribution in [0.25, 0.3) is 17.0 Å². The standard InChI is InChI=1S/C27H31N7O3/c1-18-12-29-27(31-26(18)23-13-28-25-5-3-4-8-34(23)25)30-22-7-6-19(11-24(22)36-2)33-16-20-14-32(9-10-35)15-21(17-33)37-20/h3-8,11-13,20-21,35H,9-10,14-17H2,1-2H3,(H,29,30,31). The van der Waals surface area contributed by atoms with Crippen molar-refractivity contribution >= 4 is 23.0 Å². The molecule has 37 heavy (non-hydrogen) atoms. The molecule has 10 heteroatoms. The third-order valence-electron chi connectivity index (χ3n) is 7.00. The molecular formula is C27H31N7O3. The summed E-state index contributed by atoms with van der Waals surface area (Å²) < 4.78 is 13.9. The van der Waals surface area contributed by atoms with Crippen LogP contribution in [-0.4, -0.2) is 88.0 Å². The molecule has 2 aliphatic heterocycles. The normalized spacial score (nSPS) is 19.8. The van der Waals surface area contributed by atoms with Gasteiger partial charge >= 0.3 is 0 Å². The lowest BCUT2D eigenvalue weighted by molar-refractivity contribution is -0.0961. The van der Waals surface area contributed by atoms with Crippen molar-refractivity contribution < 1.29 is 14.6 Å². The second-order valence-electron chi connectivity index (χ2n) is 9.58. The predicted molar refractivity (Wildman–Crippen MR) is 142 cm³/mol. The zero-order valence-corrected chi connectivity index (χ0v) is 21.0. The first-order valence-electron chi connectivity index (χ1n) is 12.6. The Morgan fingerprint density at radius 3 is 2.70 bits per heavy atom. The highest BCUT2D eigenvalue weighted by Gasteiger charge is 2.35. The Morgan fingerprint density at radius 2 is 1.92 bits per heavy atom. The first-order valence-corrected chi connectivity index (χ1v) is 12.6. The summed E-state index contributed by atoms with van der Waals surface area (Å²) in [7, 11) is 1.67. The molecule has 2 atom stereocenters. The van der Waals surface area contributed by atoms with Crippen molar-refractivity contribution in [2.75, 3.05) is 56.7 Å². The van der Waals surface area contributed by atoms with Crippen molar-refractivity contribution in [3.8, 4) is 17.1 Å². The fraction of sp³-hybridized carbons (Fsp3) is 0.370. The highest BCUT2D eigenvalue weighted by molar-refractivity contribution is 5.70. The SMILES string of the molecule is COc1cc(N2CC3CN(CCO)CC(C2)O3)ccc1Nc1ncc(C)c(-c2cnc3ccccn23)n1. The lowest BCUT2D eigenvalue weighted by Crippen LogP contribution is -2.60. The van der Waals surface area contributed by atoms with Crippen molar-refractivity contribution in [3.63, 3.8) is 0 Å².